The monoisotopic (exact) mass is 180 g/mol. The van der Waals surface area contributed by atoms with Gasteiger partial charge in [0.25, 0.3) is 5.69 Å². The molecule has 69 valence electrons. The van der Waals surface area contributed by atoms with Gasteiger partial charge in [-0.15, -0.1) is 0 Å². The number of hydrogen-bond acceptors (Lipinski definition) is 2. The molecule has 0 bridgehead atoms. The second-order valence-corrected chi connectivity index (χ2v) is 2.97. The van der Waals surface area contributed by atoms with E-state index in [1.807, 2.05) is 0 Å². The summed E-state index contributed by atoms with van der Waals surface area (Å²) >= 11 is 0. The number of hydrogen-bond donors (Lipinski definition) is 0. The molecule has 0 N–H and O–H groups in total. The number of nitro groups is 1. The molecule has 4 nitrogen and oxygen atoms in total. The molecular weight excluding hydrogens is 170 g/mol. The first-order chi connectivity index (χ1) is 6.06. The van der Waals surface area contributed by atoms with E-state index < -0.39 is 4.92 Å². The molecule has 0 saturated carbocycles. The lowest BCUT2D eigenvalue weighted by Gasteiger charge is -2.03. The molecule has 0 unspecified atom stereocenters. The first-order valence-corrected chi connectivity index (χ1v) is 3.89. The average molecular weight is 180 g/mol. The van der Waals surface area contributed by atoms with E-state index in [4.69, 9.17) is 0 Å². The first-order valence-electron chi connectivity index (χ1n) is 3.89. The van der Waals surface area contributed by atoms with Crippen molar-refractivity contribution < 1.29 is 10.0 Å². The van der Waals surface area contributed by atoms with Gasteiger partial charge in [0, 0.05) is 11.6 Å². The summed E-state index contributed by atoms with van der Waals surface area (Å²) in [6.07, 6.45) is 0. The maximum atomic E-state index is 10.6. The van der Waals surface area contributed by atoms with E-state index >= 15 is 0 Å². The zero-order valence-electron chi connectivity index (χ0n) is 7.53. The lowest BCUT2D eigenvalue weighted by molar-refractivity contribution is -0.385. The molecule has 1 aromatic rings. The predicted molar refractivity (Wildman–Crippen MR) is 47.0 cm³/mol. The van der Waals surface area contributed by atoms with Crippen LogP contribution in [0.3, 0.4) is 0 Å². The summed E-state index contributed by atoms with van der Waals surface area (Å²) in [6, 6.07) is 3.03. The predicted octanol–water partition coefficient (Wildman–Crippen LogP) is 2.14. The van der Waals surface area contributed by atoms with Crippen LogP contribution in [0.15, 0.2) is 12.1 Å². The van der Waals surface area contributed by atoms with Crippen molar-refractivity contribution in [1.29, 1.82) is 0 Å². The molecule has 0 aliphatic heterocycles. The van der Waals surface area contributed by atoms with Crippen LogP contribution in [-0.2, 0) is 11.7 Å². The van der Waals surface area contributed by atoms with Gasteiger partial charge in [-0.05, 0) is 31.0 Å². The summed E-state index contributed by atoms with van der Waals surface area (Å²) in [6.45, 7) is 3.01. The van der Waals surface area contributed by atoms with E-state index in [0.717, 1.165) is 0 Å². The molecule has 0 aliphatic carbocycles. The maximum absolute atomic E-state index is 10.6. The van der Waals surface area contributed by atoms with Crippen LogP contribution in [-0.4, -0.2) is 4.92 Å². The standard InChI is InChI=1S/C9H10NO3/c1-6-4-9(10(12)13)7(2)3-8(6)5-11/h3-4H,5H2,1-2H3. The van der Waals surface area contributed by atoms with Gasteiger partial charge in [-0.2, -0.15) is 0 Å². The van der Waals surface area contributed by atoms with Gasteiger partial charge in [0.2, 0.25) is 0 Å². The third kappa shape index (κ3) is 1.84. The maximum Gasteiger partial charge on any atom is 0.272 e. The van der Waals surface area contributed by atoms with Crippen molar-refractivity contribution >= 4 is 5.69 Å². The fourth-order valence-electron chi connectivity index (χ4n) is 1.21. The Hall–Kier alpha value is -1.42. The van der Waals surface area contributed by atoms with Gasteiger partial charge in [0.15, 0.2) is 0 Å². The Morgan fingerprint density at radius 1 is 1.31 bits per heavy atom. The lowest BCUT2D eigenvalue weighted by atomic mass is 10.0. The van der Waals surface area contributed by atoms with Crippen LogP contribution >= 0.6 is 0 Å². The number of aryl methyl sites for hydroxylation is 2. The van der Waals surface area contributed by atoms with Crippen molar-refractivity contribution in [3.63, 3.8) is 0 Å². The van der Waals surface area contributed by atoms with Crippen LogP contribution in [0.1, 0.15) is 16.7 Å². The van der Waals surface area contributed by atoms with Crippen molar-refractivity contribution in [2.24, 2.45) is 0 Å². The molecule has 0 atom stereocenters. The minimum atomic E-state index is -0.434. The summed E-state index contributed by atoms with van der Waals surface area (Å²) in [7, 11) is 0. The molecule has 1 aromatic carbocycles. The molecule has 0 saturated heterocycles. The summed E-state index contributed by atoms with van der Waals surface area (Å²) in [5.41, 5.74) is 1.94. The highest BCUT2D eigenvalue weighted by molar-refractivity contribution is 5.45. The van der Waals surface area contributed by atoms with Gasteiger partial charge in [-0.3, -0.25) is 10.1 Å². The van der Waals surface area contributed by atoms with Crippen molar-refractivity contribution in [3.8, 4) is 0 Å². The second kappa shape index (κ2) is 3.53. The Bertz CT molecular complexity index is 347. The van der Waals surface area contributed by atoms with Crippen molar-refractivity contribution in [3.05, 3.63) is 38.9 Å². The molecule has 0 spiro atoms. The second-order valence-electron chi connectivity index (χ2n) is 2.97. The Labute approximate surface area is 76.0 Å². The van der Waals surface area contributed by atoms with Crippen LogP contribution < -0.4 is 0 Å². The van der Waals surface area contributed by atoms with Crippen LogP contribution in [0.5, 0.6) is 0 Å². The van der Waals surface area contributed by atoms with Crippen molar-refractivity contribution in [1.82, 2.24) is 0 Å². The fraction of sp³-hybridized carbons (Fsp3) is 0.333. The van der Waals surface area contributed by atoms with Gasteiger partial charge < -0.3 is 0 Å². The Morgan fingerprint density at radius 3 is 2.38 bits per heavy atom. The Balaban J connectivity index is 3.28. The Kier molecular flexibility index (Phi) is 2.63. The third-order valence-electron chi connectivity index (χ3n) is 2.01. The van der Waals surface area contributed by atoms with E-state index in [1.165, 1.54) is 6.07 Å². The number of rotatable bonds is 2. The van der Waals surface area contributed by atoms with Gasteiger partial charge in [0.05, 0.1) is 4.92 Å². The summed E-state index contributed by atoms with van der Waals surface area (Å²) in [4.78, 5) is 10.1. The van der Waals surface area contributed by atoms with Gasteiger partial charge in [-0.1, -0.05) is 0 Å². The highest BCUT2D eigenvalue weighted by Crippen LogP contribution is 2.22. The molecule has 0 fully saturated rings. The molecule has 13 heavy (non-hydrogen) atoms. The third-order valence-corrected chi connectivity index (χ3v) is 2.01. The number of nitro benzene ring substituents is 1. The Morgan fingerprint density at radius 2 is 1.92 bits per heavy atom. The SMILES string of the molecule is Cc1cc([N+](=O)[O-])c(C)cc1C[O]. The highest BCUT2D eigenvalue weighted by Gasteiger charge is 2.12. The molecule has 0 heterocycles. The zero-order chi connectivity index (χ0) is 10.0. The minimum Gasteiger partial charge on any atom is -0.258 e. The van der Waals surface area contributed by atoms with E-state index in [-0.39, 0.29) is 12.3 Å². The van der Waals surface area contributed by atoms with Crippen molar-refractivity contribution in [2.75, 3.05) is 0 Å². The molecule has 4 heteroatoms. The molecule has 0 aromatic heterocycles. The quantitative estimate of drug-likeness (QED) is 0.517. The average Bonchev–Trinajstić information content (AvgIpc) is 2.07. The zero-order valence-corrected chi connectivity index (χ0v) is 7.53. The fourth-order valence-corrected chi connectivity index (χ4v) is 1.21. The van der Waals surface area contributed by atoms with Gasteiger partial charge >= 0.3 is 0 Å². The van der Waals surface area contributed by atoms with Crippen molar-refractivity contribution in [2.45, 2.75) is 20.5 Å². The molecule has 0 aliphatic rings. The number of benzene rings is 1. The summed E-state index contributed by atoms with van der Waals surface area (Å²) in [5.74, 6) is 0. The van der Waals surface area contributed by atoms with E-state index in [9.17, 15) is 15.2 Å². The van der Waals surface area contributed by atoms with Crippen LogP contribution in [0.4, 0.5) is 5.69 Å². The van der Waals surface area contributed by atoms with Crippen LogP contribution in [0.2, 0.25) is 0 Å². The van der Waals surface area contributed by atoms with Gasteiger partial charge in [-0.25, -0.2) is 5.11 Å². The number of nitrogens with zero attached hydrogens (tertiary/aromatic N) is 1. The minimum absolute atomic E-state index is 0.0784. The van der Waals surface area contributed by atoms with Gasteiger partial charge in [0.1, 0.15) is 6.61 Å². The van der Waals surface area contributed by atoms with Crippen LogP contribution in [0.25, 0.3) is 0 Å². The normalized spacial score (nSPS) is 10.1. The van der Waals surface area contributed by atoms with E-state index in [0.29, 0.717) is 16.7 Å². The smallest absolute Gasteiger partial charge is 0.258 e. The summed E-state index contributed by atoms with van der Waals surface area (Å²) in [5, 5.41) is 21.1. The highest BCUT2D eigenvalue weighted by atomic mass is 16.6. The molecule has 0 amide bonds. The molecule has 1 rings (SSSR count). The van der Waals surface area contributed by atoms with E-state index in [2.05, 4.69) is 0 Å². The lowest BCUT2D eigenvalue weighted by Crippen LogP contribution is -1.96. The molecular formula is C9H10NO3. The molecule has 1 radical (unpaired) electrons. The van der Waals surface area contributed by atoms with E-state index in [1.54, 1.807) is 19.9 Å². The topological polar surface area (TPSA) is 63.0 Å². The summed E-state index contributed by atoms with van der Waals surface area (Å²) < 4.78 is 0. The van der Waals surface area contributed by atoms with Crippen LogP contribution in [0, 0.1) is 24.0 Å². The first kappa shape index (κ1) is 9.67. The largest absolute Gasteiger partial charge is 0.272 e.